The van der Waals surface area contributed by atoms with Crippen molar-refractivity contribution in [3.05, 3.63) is 39.6 Å². The summed E-state index contributed by atoms with van der Waals surface area (Å²) in [6.07, 6.45) is 1.89. The number of nitrogens with one attached hydrogen (secondary N) is 2. The number of methoxy groups -OCH3 is 2. The van der Waals surface area contributed by atoms with Crippen LogP contribution in [0.2, 0.25) is 0 Å². The topological polar surface area (TPSA) is 59.2 Å². The number of nitrogens with zero attached hydrogens (tertiary/aromatic N) is 1. The minimum atomic E-state index is 0.0530. The monoisotopic (exact) mass is 381 g/mol. The molecule has 0 aliphatic carbocycles. The highest BCUT2D eigenvalue weighted by atomic mass is 79.9. The standard InChI is InChI=1S/C17H24BrN3O2/c1-17(2,3)16-12(10-20-21-16)9-19-8-11-6-14(22-4)15(23-5)7-13(11)18/h6-7,10,19H,8-9H2,1-5H3,(H,20,21). The molecule has 0 saturated carbocycles. The van der Waals surface area contributed by atoms with Crippen LogP contribution in [-0.4, -0.2) is 24.4 Å². The SMILES string of the molecule is COc1cc(Br)c(CNCc2cn[nH]c2C(C)(C)C)cc1OC. The lowest BCUT2D eigenvalue weighted by atomic mass is 9.89. The maximum absolute atomic E-state index is 5.36. The third-order valence-electron chi connectivity index (χ3n) is 3.65. The van der Waals surface area contributed by atoms with Crippen LogP contribution < -0.4 is 14.8 Å². The second-order valence-corrected chi connectivity index (χ2v) is 7.28. The molecular weight excluding hydrogens is 358 g/mol. The van der Waals surface area contributed by atoms with Gasteiger partial charge in [0.25, 0.3) is 0 Å². The number of rotatable bonds is 6. The molecule has 2 rings (SSSR count). The van der Waals surface area contributed by atoms with E-state index >= 15 is 0 Å². The van der Waals surface area contributed by atoms with E-state index < -0.39 is 0 Å². The van der Waals surface area contributed by atoms with Crippen LogP contribution in [0.4, 0.5) is 0 Å². The molecule has 0 aliphatic heterocycles. The predicted molar refractivity (Wildman–Crippen MR) is 95.1 cm³/mol. The Hall–Kier alpha value is -1.53. The van der Waals surface area contributed by atoms with Crippen LogP contribution in [0, 0.1) is 0 Å². The summed E-state index contributed by atoms with van der Waals surface area (Å²) < 4.78 is 11.7. The first kappa shape index (κ1) is 17.8. The zero-order valence-corrected chi connectivity index (χ0v) is 15.9. The van der Waals surface area contributed by atoms with E-state index in [-0.39, 0.29) is 5.41 Å². The van der Waals surface area contributed by atoms with Crippen molar-refractivity contribution in [2.24, 2.45) is 0 Å². The van der Waals surface area contributed by atoms with Crippen LogP contribution in [0.25, 0.3) is 0 Å². The molecule has 0 radical (unpaired) electrons. The Bertz CT molecular complexity index is 662. The Kier molecular flexibility index (Phi) is 5.70. The van der Waals surface area contributed by atoms with Gasteiger partial charge in [0.1, 0.15) is 0 Å². The summed E-state index contributed by atoms with van der Waals surface area (Å²) in [5.41, 5.74) is 3.52. The van der Waals surface area contributed by atoms with Gasteiger partial charge in [-0.25, -0.2) is 0 Å². The van der Waals surface area contributed by atoms with Gasteiger partial charge < -0.3 is 14.8 Å². The third-order valence-corrected chi connectivity index (χ3v) is 4.39. The van der Waals surface area contributed by atoms with Gasteiger partial charge in [0.15, 0.2) is 11.5 Å². The summed E-state index contributed by atoms with van der Waals surface area (Å²) in [6, 6.07) is 3.91. The fourth-order valence-corrected chi connectivity index (χ4v) is 2.92. The number of hydrogen-bond donors (Lipinski definition) is 2. The average Bonchev–Trinajstić information content (AvgIpc) is 2.97. The quantitative estimate of drug-likeness (QED) is 0.799. The van der Waals surface area contributed by atoms with Gasteiger partial charge in [-0.1, -0.05) is 36.7 Å². The number of aromatic nitrogens is 2. The molecule has 126 valence electrons. The molecule has 0 unspecified atom stereocenters. The lowest BCUT2D eigenvalue weighted by Gasteiger charge is -2.18. The number of ether oxygens (including phenoxy) is 2. The first-order valence-corrected chi connectivity index (χ1v) is 8.30. The van der Waals surface area contributed by atoms with Crippen LogP contribution in [0.1, 0.15) is 37.6 Å². The second-order valence-electron chi connectivity index (χ2n) is 6.42. The van der Waals surface area contributed by atoms with E-state index in [1.165, 1.54) is 5.56 Å². The smallest absolute Gasteiger partial charge is 0.161 e. The summed E-state index contributed by atoms with van der Waals surface area (Å²) in [7, 11) is 3.28. The number of hydrogen-bond acceptors (Lipinski definition) is 4. The Morgan fingerprint density at radius 1 is 1.09 bits per heavy atom. The lowest BCUT2D eigenvalue weighted by Crippen LogP contribution is -2.19. The molecule has 0 saturated heterocycles. The van der Waals surface area contributed by atoms with E-state index in [1.54, 1.807) is 14.2 Å². The molecule has 2 N–H and O–H groups in total. The summed E-state index contributed by atoms with van der Waals surface area (Å²) in [4.78, 5) is 0. The fourth-order valence-electron chi connectivity index (χ4n) is 2.46. The number of H-pyrrole nitrogens is 1. The van der Waals surface area contributed by atoms with Crippen molar-refractivity contribution >= 4 is 15.9 Å². The van der Waals surface area contributed by atoms with Crippen LogP contribution in [0.5, 0.6) is 11.5 Å². The molecule has 1 heterocycles. The van der Waals surface area contributed by atoms with Crippen molar-refractivity contribution in [1.29, 1.82) is 0 Å². The van der Waals surface area contributed by atoms with Gasteiger partial charge in [0, 0.05) is 34.2 Å². The maximum Gasteiger partial charge on any atom is 0.161 e. The Balaban J connectivity index is 2.06. The Morgan fingerprint density at radius 2 is 1.70 bits per heavy atom. The third kappa shape index (κ3) is 4.26. The molecule has 0 amide bonds. The molecule has 23 heavy (non-hydrogen) atoms. The summed E-state index contributed by atoms with van der Waals surface area (Å²) in [5, 5.41) is 10.7. The van der Waals surface area contributed by atoms with Crippen molar-refractivity contribution < 1.29 is 9.47 Å². The molecule has 0 aliphatic rings. The van der Waals surface area contributed by atoms with Gasteiger partial charge in [-0.2, -0.15) is 5.10 Å². The molecule has 0 spiro atoms. The number of halogens is 1. The van der Waals surface area contributed by atoms with Gasteiger partial charge in [-0.05, 0) is 17.7 Å². The molecule has 1 aromatic carbocycles. The van der Waals surface area contributed by atoms with Crippen molar-refractivity contribution in [2.45, 2.75) is 39.3 Å². The fraction of sp³-hybridized carbons (Fsp3) is 0.471. The molecule has 6 heteroatoms. The van der Waals surface area contributed by atoms with Gasteiger partial charge in [0.2, 0.25) is 0 Å². The highest BCUT2D eigenvalue weighted by Gasteiger charge is 2.19. The van der Waals surface area contributed by atoms with Gasteiger partial charge >= 0.3 is 0 Å². The van der Waals surface area contributed by atoms with Crippen LogP contribution in [0.3, 0.4) is 0 Å². The largest absolute Gasteiger partial charge is 0.493 e. The first-order valence-electron chi connectivity index (χ1n) is 7.50. The predicted octanol–water partition coefficient (Wildman–Crippen LogP) is 3.78. The normalized spacial score (nSPS) is 11.6. The van der Waals surface area contributed by atoms with E-state index in [0.717, 1.165) is 34.6 Å². The first-order chi connectivity index (χ1) is 10.9. The van der Waals surface area contributed by atoms with Gasteiger partial charge in [-0.3, -0.25) is 5.10 Å². The summed E-state index contributed by atoms with van der Waals surface area (Å²) in [6.45, 7) is 8.00. The molecule has 5 nitrogen and oxygen atoms in total. The second kappa shape index (κ2) is 7.36. The minimum absolute atomic E-state index is 0.0530. The van der Waals surface area contributed by atoms with Gasteiger partial charge in [0.05, 0.1) is 20.4 Å². The number of aromatic amines is 1. The molecular formula is C17H24BrN3O2. The van der Waals surface area contributed by atoms with E-state index in [0.29, 0.717) is 5.75 Å². The molecule has 0 bridgehead atoms. The number of benzene rings is 1. The Morgan fingerprint density at radius 3 is 2.30 bits per heavy atom. The van der Waals surface area contributed by atoms with Crippen LogP contribution in [0.15, 0.2) is 22.8 Å². The van der Waals surface area contributed by atoms with E-state index in [4.69, 9.17) is 9.47 Å². The van der Waals surface area contributed by atoms with E-state index in [2.05, 4.69) is 52.2 Å². The summed E-state index contributed by atoms with van der Waals surface area (Å²) in [5.74, 6) is 1.44. The molecule has 0 atom stereocenters. The lowest BCUT2D eigenvalue weighted by molar-refractivity contribution is 0.354. The zero-order valence-electron chi connectivity index (χ0n) is 14.3. The van der Waals surface area contributed by atoms with E-state index in [1.807, 2.05) is 18.3 Å². The molecule has 1 aromatic heterocycles. The maximum atomic E-state index is 5.36. The Labute approximate surface area is 145 Å². The molecule has 0 fully saturated rings. The highest BCUT2D eigenvalue weighted by Crippen LogP contribution is 2.33. The van der Waals surface area contributed by atoms with Crippen molar-refractivity contribution in [3.8, 4) is 11.5 Å². The summed E-state index contributed by atoms with van der Waals surface area (Å²) >= 11 is 3.58. The molecule has 2 aromatic rings. The van der Waals surface area contributed by atoms with Crippen molar-refractivity contribution in [1.82, 2.24) is 15.5 Å². The van der Waals surface area contributed by atoms with Gasteiger partial charge in [-0.15, -0.1) is 0 Å². The van der Waals surface area contributed by atoms with Crippen LogP contribution >= 0.6 is 15.9 Å². The minimum Gasteiger partial charge on any atom is -0.493 e. The zero-order chi connectivity index (χ0) is 17.0. The van der Waals surface area contributed by atoms with E-state index in [9.17, 15) is 0 Å². The van der Waals surface area contributed by atoms with Crippen LogP contribution in [-0.2, 0) is 18.5 Å². The van der Waals surface area contributed by atoms with Crippen molar-refractivity contribution in [3.63, 3.8) is 0 Å². The van der Waals surface area contributed by atoms with Crippen molar-refractivity contribution in [2.75, 3.05) is 14.2 Å². The highest BCUT2D eigenvalue weighted by molar-refractivity contribution is 9.10. The average molecular weight is 382 g/mol.